The maximum atomic E-state index is 11.6. The van der Waals surface area contributed by atoms with E-state index in [2.05, 4.69) is 5.92 Å². The van der Waals surface area contributed by atoms with Crippen molar-refractivity contribution in [2.75, 3.05) is 7.11 Å². The molecular weight excluding hydrogens is 214 g/mol. The van der Waals surface area contributed by atoms with Crippen LogP contribution >= 0.6 is 0 Å². The molecule has 0 aromatic heterocycles. The number of ether oxygens (including phenoxy) is 1. The molecule has 0 spiro atoms. The van der Waals surface area contributed by atoms with Gasteiger partial charge in [-0.1, -0.05) is 24.3 Å². The monoisotopic (exact) mass is 227 g/mol. The summed E-state index contributed by atoms with van der Waals surface area (Å²) in [6.45, 7) is 0. The quantitative estimate of drug-likeness (QED) is 0.690. The van der Waals surface area contributed by atoms with Crippen LogP contribution in [0.15, 0.2) is 30.5 Å². The highest BCUT2D eigenvalue weighted by atomic mass is 16.5. The predicted octanol–water partition coefficient (Wildman–Crippen LogP) is 2.80. The van der Waals surface area contributed by atoms with Gasteiger partial charge in [-0.3, -0.25) is 4.90 Å². The molecule has 1 aliphatic rings. The minimum atomic E-state index is -0.393. The summed E-state index contributed by atoms with van der Waals surface area (Å²) in [5.74, 6) is 2.60. The van der Waals surface area contributed by atoms with E-state index in [4.69, 9.17) is 11.2 Å². The van der Waals surface area contributed by atoms with Crippen molar-refractivity contribution in [3.63, 3.8) is 0 Å². The van der Waals surface area contributed by atoms with Crippen LogP contribution in [0.5, 0.6) is 0 Å². The number of carbonyl (C=O) groups excluding carboxylic acids is 1. The van der Waals surface area contributed by atoms with E-state index >= 15 is 0 Å². The zero-order chi connectivity index (χ0) is 12.3. The Morgan fingerprint density at radius 1 is 1.53 bits per heavy atom. The minimum absolute atomic E-state index is 0.145. The number of amides is 1. The number of hydrogen-bond donors (Lipinski definition) is 0. The molecule has 0 aliphatic carbocycles. The van der Waals surface area contributed by atoms with Gasteiger partial charge in [-0.2, -0.15) is 0 Å². The largest absolute Gasteiger partial charge is 0.452 e. The maximum Gasteiger partial charge on any atom is 0.414 e. The molecule has 3 nitrogen and oxygen atoms in total. The second-order valence-corrected chi connectivity index (χ2v) is 3.75. The molecule has 1 aromatic carbocycles. The molecule has 0 saturated carbocycles. The van der Waals surface area contributed by atoms with Crippen LogP contribution in [0.25, 0.3) is 6.08 Å². The highest BCUT2D eigenvalue weighted by Crippen LogP contribution is 2.32. The summed E-state index contributed by atoms with van der Waals surface area (Å²) in [6.07, 6.45) is 9.05. The molecule has 3 heteroatoms. The van der Waals surface area contributed by atoms with Gasteiger partial charge in [-0.25, -0.2) is 4.79 Å². The Labute approximate surface area is 101 Å². The van der Waals surface area contributed by atoms with Crippen molar-refractivity contribution >= 4 is 12.2 Å². The van der Waals surface area contributed by atoms with Gasteiger partial charge < -0.3 is 4.74 Å². The van der Waals surface area contributed by atoms with Crippen LogP contribution in [0.3, 0.4) is 0 Å². The van der Waals surface area contributed by atoms with Crippen LogP contribution in [-0.4, -0.2) is 18.1 Å². The van der Waals surface area contributed by atoms with E-state index in [1.54, 1.807) is 6.20 Å². The molecule has 2 rings (SSSR count). The summed E-state index contributed by atoms with van der Waals surface area (Å²) < 4.78 is 4.75. The number of terminal acetylenes is 1. The second kappa shape index (κ2) is 4.75. The van der Waals surface area contributed by atoms with E-state index in [0.717, 1.165) is 11.1 Å². The topological polar surface area (TPSA) is 29.5 Å². The van der Waals surface area contributed by atoms with Crippen molar-refractivity contribution in [2.24, 2.45) is 0 Å². The van der Waals surface area contributed by atoms with Gasteiger partial charge in [0.2, 0.25) is 0 Å². The van der Waals surface area contributed by atoms with Gasteiger partial charge >= 0.3 is 6.09 Å². The molecule has 1 atom stereocenters. The zero-order valence-corrected chi connectivity index (χ0v) is 9.59. The fourth-order valence-corrected chi connectivity index (χ4v) is 1.99. The number of carbonyl (C=O) groups is 1. The molecule has 1 aromatic rings. The summed E-state index contributed by atoms with van der Waals surface area (Å²) in [6, 6.07) is 7.75. The van der Waals surface area contributed by atoms with Crippen molar-refractivity contribution < 1.29 is 9.53 Å². The summed E-state index contributed by atoms with van der Waals surface area (Å²) >= 11 is 0. The van der Waals surface area contributed by atoms with Gasteiger partial charge in [0.1, 0.15) is 0 Å². The Bertz CT molecular complexity index is 499. The van der Waals surface area contributed by atoms with Crippen LogP contribution in [0, 0.1) is 12.3 Å². The molecule has 0 radical (unpaired) electrons. The lowest BCUT2D eigenvalue weighted by molar-refractivity contribution is 0.126. The van der Waals surface area contributed by atoms with Crippen LogP contribution in [0.1, 0.15) is 23.6 Å². The Morgan fingerprint density at radius 2 is 2.29 bits per heavy atom. The van der Waals surface area contributed by atoms with Gasteiger partial charge in [-0.05, 0) is 17.2 Å². The molecule has 1 heterocycles. The van der Waals surface area contributed by atoms with E-state index < -0.39 is 6.09 Å². The predicted molar refractivity (Wildman–Crippen MR) is 65.9 cm³/mol. The van der Waals surface area contributed by atoms with E-state index in [1.165, 1.54) is 12.0 Å². The molecule has 1 unspecified atom stereocenters. The van der Waals surface area contributed by atoms with E-state index in [-0.39, 0.29) is 6.04 Å². The first-order valence-electron chi connectivity index (χ1n) is 5.35. The van der Waals surface area contributed by atoms with Crippen molar-refractivity contribution in [1.82, 2.24) is 4.90 Å². The minimum Gasteiger partial charge on any atom is -0.452 e. The third kappa shape index (κ3) is 2.02. The highest BCUT2D eigenvalue weighted by Gasteiger charge is 2.27. The third-order valence-corrected chi connectivity index (χ3v) is 2.80. The lowest BCUT2D eigenvalue weighted by Gasteiger charge is -2.30. The Kier molecular flexibility index (Phi) is 3.15. The van der Waals surface area contributed by atoms with Crippen molar-refractivity contribution in [1.29, 1.82) is 0 Å². The number of hydrogen-bond acceptors (Lipinski definition) is 2. The highest BCUT2D eigenvalue weighted by molar-refractivity contribution is 5.73. The number of nitrogens with zero attached hydrogens (tertiary/aromatic N) is 1. The first kappa shape index (κ1) is 11.3. The molecule has 0 saturated heterocycles. The van der Waals surface area contributed by atoms with Crippen LogP contribution in [-0.2, 0) is 4.74 Å². The molecular formula is C14H13NO2. The maximum absolute atomic E-state index is 11.6. The smallest absolute Gasteiger partial charge is 0.414 e. The first-order valence-corrected chi connectivity index (χ1v) is 5.35. The lowest BCUT2D eigenvalue weighted by atomic mass is 9.94. The van der Waals surface area contributed by atoms with Crippen molar-refractivity contribution in [2.45, 2.75) is 12.5 Å². The zero-order valence-electron chi connectivity index (χ0n) is 9.59. The van der Waals surface area contributed by atoms with Crippen molar-refractivity contribution in [3.8, 4) is 12.3 Å². The Morgan fingerprint density at radius 3 is 3.00 bits per heavy atom. The molecule has 1 aliphatic heterocycles. The fourth-order valence-electron chi connectivity index (χ4n) is 1.99. The molecule has 0 bridgehead atoms. The molecule has 0 fully saturated rings. The normalized spacial score (nSPS) is 17.2. The summed E-state index contributed by atoms with van der Waals surface area (Å²) in [5.41, 5.74) is 2.14. The van der Waals surface area contributed by atoms with Crippen molar-refractivity contribution in [3.05, 3.63) is 41.6 Å². The lowest BCUT2D eigenvalue weighted by Crippen LogP contribution is -2.32. The SMILES string of the molecule is C#CCC1c2ccccc2C=CN1C(=O)OC. The number of rotatable bonds is 1. The van der Waals surface area contributed by atoms with Crippen LogP contribution in [0.4, 0.5) is 4.79 Å². The summed E-state index contributed by atoms with van der Waals surface area (Å²) in [4.78, 5) is 13.2. The van der Waals surface area contributed by atoms with E-state index in [1.807, 2.05) is 30.3 Å². The van der Waals surface area contributed by atoms with Gasteiger partial charge in [0, 0.05) is 12.6 Å². The standard InChI is InChI=1S/C14H13NO2/c1-3-6-13-12-8-5-4-7-11(12)9-10-15(13)14(16)17-2/h1,4-5,7-10,13H,6H2,2H3. The molecule has 1 amide bonds. The third-order valence-electron chi connectivity index (χ3n) is 2.80. The number of fused-ring (bicyclic) bond motifs is 1. The molecule has 86 valence electrons. The van der Waals surface area contributed by atoms with E-state index in [0.29, 0.717) is 6.42 Å². The first-order chi connectivity index (χ1) is 8.27. The average molecular weight is 227 g/mol. The Hall–Kier alpha value is -2.21. The van der Waals surface area contributed by atoms with E-state index in [9.17, 15) is 4.79 Å². The van der Waals surface area contributed by atoms with Gasteiger partial charge in [0.25, 0.3) is 0 Å². The van der Waals surface area contributed by atoms with Gasteiger partial charge in [0.15, 0.2) is 0 Å². The molecule has 17 heavy (non-hydrogen) atoms. The van der Waals surface area contributed by atoms with Crippen LogP contribution < -0.4 is 0 Å². The summed E-state index contributed by atoms with van der Waals surface area (Å²) in [5, 5.41) is 0. The number of methoxy groups -OCH3 is 1. The Balaban J connectivity index is 2.42. The number of benzene rings is 1. The van der Waals surface area contributed by atoms with Gasteiger partial charge in [-0.15, -0.1) is 12.3 Å². The summed E-state index contributed by atoms with van der Waals surface area (Å²) in [7, 11) is 1.36. The second-order valence-electron chi connectivity index (χ2n) is 3.75. The average Bonchev–Trinajstić information content (AvgIpc) is 2.38. The van der Waals surface area contributed by atoms with Gasteiger partial charge in [0.05, 0.1) is 13.2 Å². The van der Waals surface area contributed by atoms with Crippen LogP contribution in [0.2, 0.25) is 0 Å². The fraction of sp³-hybridized carbons (Fsp3) is 0.214. The molecule has 0 N–H and O–H groups in total.